The summed E-state index contributed by atoms with van der Waals surface area (Å²) in [6.07, 6.45) is 14.8. The van der Waals surface area contributed by atoms with E-state index in [1.54, 1.807) is 0 Å². The van der Waals surface area contributed by atoms with Gasteiger partial charge >= 0.3 is 0 Å². The summed E-state index contributed by atoms with van der Waals surface area (Å²) in [6, 6.07) is 0. The van der Waals surface area contributed by atoms with Crippen LogP contribution in [-0.2, 0) is 4.79 Å². The molecule has 13 heavy (non-hydrogen) atoms. The molecule has 1 nitrogen and oxygen atoms in total. The van der Waals surface area contributed by atoms with Crippen molar-refractivity contribution >= 4 is 6.29 Å². The normalized spacial score (nSPS) is 10.8. The Morgan fingerprint density at radius 3 is 1.92 bits per heavy atom. The van der Waals surface area contributed by atoms with Crippen molar-refractivity contribution in [2.24, 2.45) is 0 Å². The molecule has 0 aromatic rings. The topological polar surface area (TPSA) is 17.1 Å². The lowest BCUT2D eigenvalue weighted by Gasteiger charge is -1.93. The summed E-state index contributed by atoms with van der Waals surface area (Å²) < 4.78 is 0. The first-order valence-electron chi connectivity index (χ1n) is 5.50. The van der Waals surface area contributed by atoms with Crippen LogP contribution in [0.5, 0.6) is 0 Å². The quantitative estimate of drug-likeness (QED) is 0.300. The van der Waals surface area contributed by atoms with Gasteiger partial charge < -0.3 is 4.79 Å². The second kappa shape index (κ2) is 11.4. The number of aldehydes is 1. The second-order valence-electron chi connectivity index (χ2n) is 3.42. The molecule has 0 saturated heterocycles. The van der Waals surface area contributed by atoms with E-state index >= 15 is 0 Å². The van der Waals surface area contributed by atoms with E-state index in [2.05, 4.69) is 19.1 Å². The summed E-state index contributed by atoms with van der Waals surface area (Å²) in [7, 11) is 0. The van der Waals surface area contributed by atoms with Crippen LogP contribution in [0.15, 0.2) is 12.2 Å². The molecule has 0 atom stereocenters. The fraction of sp³-hybridized carbons (Fsp3) is 0.750. The van der Waals surface area contributed by atoms with Gasteiger partial charge in [-0.3, -0.25) is 0 Å². The molecule has 0 unspecified atom stereocenters. The minimum Gasteiger partial charge on any atom is -0.303 e. The fourth-order valence-corrected chi connectivity index (χ4v) is 1.24. The van der Waals surface area contributed by atoms with Crippen molar-refractivity contribution in [2.75, 3.05) is 0 Å². The first-order valence-corrected chi connectivity index (χ1v) is 5.50. The molecule has 0 rings (SSSR count). The third kappa shape index (κ3) is 11.4. The summed E-state index contributed by atoms with van der Waals surface area (Å²) in [5.74, 6) is 0. The Morgan fingerprint density at radius 2 is 1.38 bits per heavy atom. The number of carbonyl (C=O) groups excluding carboxylic acids is 1. The molecule has 0 heterocycles. The van der Waals surface area contributed by atoms with Crippen molar-refractivity contribution < 1.29 is 4.79 Å². The highest BCUT2D eigenvalue weighted by atomic mass is 16.1. The van der Waals surface area contributed by atoms with Crippen LogP contribution < -0.4 is 0 Å². The van der Waals surface area contributed by atoms with E-state index in [1.807, 2.05) is 0 Å². The third-order valence-corrected chi connectivity index (χ3v) is 2.08. The van der Waals surface area contributed by atoms with E-state index in [0.717, 1.165) is 32.0 Å². The van der Waals surface area contributed by atoms with Gasteiger partial charge in [0, 0.05) is 6.42 Å². The Kier molecular flexibility index (Phi) is 10.9. The molecule has 0 N–H and O–H groups in total. The number of hydrogen-bond donors (Lipinski definition) is 0. The third-order valence-electron chi connectivity index (χ3n) is 2.08. The van der Waals surface area contributed by atoms with Crippen LogP contribution in [0.2, 0.25) is 0 Å². The molecular weight excluding hydrogens is 160 g/mol. The number of unbranched alkanes of at least 4 members (excludes halogenated alkanes) is 6. The van der Waals surface area contributed by atoms with Gasteiger partial charge in [-0.05, 0) is 32.1 Å². The smallest absolute Gasteiger partial charge is 0.119 e. The average molecular weight is 182 g/mol. The molecule has 0 fully saturated rings. The Labute approximate surface area is 82.2 Å². The first kappa shape index (κ1) is 12.4. The average Bonchev–Trinajstić information content (AvgIpc) is 2.16. The molecule has 0 amide bonds. The van der Waals surface area contributed by atoms with E-state index in [1.165, 1.54) is 25.7 Å². The zero-order valence-corrected chi connectivity index (χ0v) is 8.80. The predicted octanol–water partition coefficient (Wildman–Crippen LogP) is 3.88. The molecule has 1 heteroatoms. The first-order chi connectivity index (χ1) is 6.41. The van der Waals surface area contributed by atoms with Crippen LogP contribution in [0.25, 0.3) is 0 Å². The van der Waals surface area contributed by atoms with Crippen molar-refractivity contribution in [1.29, 1.82) is 0 Å². The summed E-state index contributed by atoms with van der Waals surface area (Å²) in [5.41, 5.74) is 0. The fourth-order valence-electron chi connectivity index (χ4n) is 1.24. The van der Waals surface area contributed by atoms with Gasteiger partial charge in [-0.1, -0.05) is 31.9 Å². The molecule has 0 spiro atoms. The molecule has 0 aliphatic rings. The van der Waals surface area contributed by atoms with Crippen LogP contribution >= 0.6 is 0 Å². The van der Waals surface area contributed by atoms with Gasteiger partial charge in [-0.15, -0.1) is 0 Å². The number of allylic oxidation sites excluding steroid dienone is 2. The zero-order valence-electron chi connectivity index (χ0n) is 8.80. The molecular formula is C12H22O. The SMILES string of the molecule is CCCCC/C=C\CCCCC=O. The molecule has 0 saturated carbocycles. The molecule has 0 bridgehead atoms. The summed E-state index contributed by atoms with van der Waals surface area (Å²) in [6.45, 7) is 2.23. The maximum absolute atomic E-state index is 9.99. The maximum Gasteiger partial charge on any atom is 0.119 e. The molecule has 0 aromatic heterocycles. The van der Waals surface area contributed by atoms with Crippen molar-refractivity contribution in [1.82, 2.24) is 0 Å². The Bertz CT molecular complexity index is 127. The molecule has 76 valence electrons. The highest BCUT2D eigenvalue weighted by Gasteiger charge is 1.84. The van der Waals surface area contributed by atoms with E-state index < -0.39 is 0 Å². The lowest BCUT2D eigenvalue weighted by molar-refractivity contribution is -0.107. The van der Waals surface area contributed by atoms with E-state index in [0.29, 0.717) is 0 Å². The highest BCUT2D eigenvalue weighted by molar-refractivity contribution is 5.48. The van der Waals surface area contributed by atoms with Crippen LogP contribution in [0.3, 0.4) is 0 Å². The predicted molar refractivity (Wildman–Crippen MR) is 57.8 cm³/mol. The van der Waals surface area contributed by atoms with Gasteiger partial charge in [-0.25, -0.2) is 0 Å². The van der Waals surface area contributed by atoms with Gasteiger partial charge in [0.15, 0.2) is 0 Å². The minimum atomic E-state index is 0.726. The van der Waals surface area contributed by atoms with Crippen LogP contribution in [0, 0.1) is 0 Å². The molecule has 0 radical (unpaired) electrons. The Hall–Kier alpha value is -0.590. The monoisotopic (exact) mass is 182 g/mol. The van der Waals surface area contributed by atoms with Gasteiger partial charge in [0.25, 0.3) is 0 Å². The lowest BCUT2D eigenvalue weighted by atomic mass is 10.1. The standard InChI is InChI=1S/C12H22O/c1-2-3-4-5-6-7-8-9-10-11-12-13/h6-7,12H,2-5,8-11H2,1H3/b7-6-. The number of rotatable bonds is 9. The maximum atomic E-state index is 9.99. The van der Waals surface area contributed by atoms with Crippen LogP contribution in [0.1, 0.15) is 58.3 Å². The Morgan fingerprint density at radius 1 is 0.846 bits per heavy atom. The van der Waals surface area contributed by atoms with E-state index in [-0.39, 0.29) is 0 Å². The van der Waals surface area contributed by atoms with Gasteiger partial charge in [0.05, 0.1) is 0 Å². The van der Waals surface area contributed by atoms with Gasteiger partial charge in [0.2, 0.25) is 0 Å². The van der Waals surface area contributed by atoms with E-state index in [4.69, 9.17) is 0 Å². The Balaban J connectivity index is 2.98. The van der Waals surface area contributed by atoms with Crippen LogP contribution in [-0.4, -0.2) is 6.29 Å². The molecule has 0 aliphatic heterocycles. The largest absolute Gasteiger partial charge is 0.303 e. The van der Waals surface area contributed by atoms with Gasteiger partial charge in [0.1, 0.15) is 6.29 Å². The van der Waals surface area contributed by atoms with Crippen LogP contribution in [0.4, 0.5) is 0 Å². The van der Waals surface area contributed by atoms with Crippen molar-refractivity contribution in [3.05, 3.63) is 12.2 Å². The minimum absolute atomic E-state index is 0.726. The zero-order chi connectivity index (χ0) is 9.78. The van der Waals surface area contributed by atoms with Crippen molar-refractivity contribution in [3.63, 3.8) is 0 Å². The number of hydrogen-bond acceptors (Lipinski definition) is 1. The highest BCUT2D eigenvalue weighted by Crippen LogP contribution is 2.02. The molecule has 0 aliphatic carbocycles. The molecule has 0 aromatic carbocycles. The number of carbonyl (C=O) groups is 1. The summed E-state index contributed by atoms with van der Waals surface area (Å²) >= 11 is 0. The second-order valence-corrected chi connectivity index (χ2v) is 3.42. The van der Waals surface area contributed by atoms with E-state index in [9.17, 15) is 4.79 Å². The van der Waals surface area contributed by atoms with Crippen molar-refractivity contribution in [3.8, 4) is 0 Å². The lowest BCUT2D eigenvalue weighted by Crippen LogP contribution is -1.76. The summed E-state index contributed by atoms with van der Waals surface area (Å²) in [5, 5.41) is 0. The van der Waals surface area contributed by atoms with Crippen molar-refractivity contribution in [2.45, 2.75) is 58.3 Å². The van der Waals surface area contributed by atoms with Gasteiger partial charge in [-0.2, -0.15) is 0 Å². The summed E-state index contributed by atoms with van der Waals surface area (Å²) in [4.78, 5) is 9.99.